The number of nitrogens with one attached hydrogen (secondary N) is 1. The SMILES string of the molecule is Cc1cc(NC(=O)C=Cc2ccccc2)ncc1Br. The van der Waals surface area contributed by atoms with Crippen LogP contribution in [-0.2, 0) is 4.79 Å². The Morgan fingerprint density at radius 2 is 2.05 bits per heavy atom. The number of anilines is 1. The number of halogens is 1. The molecule has 0 aliphatic rings. The van der Waals surface area contributed by atoms with Crippen LogP contribution in [-0.4, -0.2) is 10.9 Å². The van der Waals surface area contributed by atoms with Crippen molar-refractivity contribution in [2.45, 2.75) is 6.92 Å². The molecule has 1 heterocycles. The van der Waals surface area contributed by atoms with Crippen molar-refractivity contribution < 1.29 is 4.79 Å². The van der Waals surface area contributed by atoms with Gasteiger partial charge in [-0.05, 0) is 46.1 Å². The van der Waals surface area contributed by atoms with Crippen LogP contribution in [0.1, 0.15) is 11.1 Å². The highest BCUT2D eigenvalue weighted by atomic mass is 79.9. The predicted molar refractivity (Wildman–Crippen MR) is 80.8 cm³/mol. The lowest BCUT2D eigenvalue weighted by atomic mass is 10.2. The summed E-state index contributed by atoms with van der Waals surface area (Å²) in [6, 6.07) is 11.5. The Labute approximate surface area is 120 Å². The van der Waals surface area contributed by atoms with Gasteiger partial charge in [0.05, 0.1) is 0 Å². The van der Waals surface area contributed by atoms with Crippen molar-refractivity contribution in [3.63, 3.8) is 0 Å². The molecule has 0 bridgehead atoms. The molecule has 0 spiro atoms. The number of nitrogens with zero attached hydrogens (tertiary/aromatic N) is 1. The molecule has 0 aliphatic carbocycles. The van der Waals surface area contributed by atoms with Crippen molar-refractivity contribution in [1.82, 2.24) is 4.98 Å². The maximum Gasteiger partial charge on any atom is 0.249 e. The number of aromatic nitrogens is 1. The second-order valence-electron chi connectivity index (χ2n) is 4.05. The van der Waals surface area contributed by atoms with Gasteiger partial charge in [0.2, 0.25) is 5.91 Å². The van der Waals surface area contributed by atoms with Gasteiger partial charge in [0.15, 0.2) is 0 Å². The first-order valence-corrected chi connectivity index (χ1v) is 6.61. The Kier molecular flexibility index (Phi) is 4.47. The summed E-state index contributed by atoms with van der Waals surface area (Å²) in [6.07, 6.45) is 4.93. The van der Waals surface area contributed by atoms with Crippen molar-refractivity contribution in [1.29, 1.82) is 0 Å². The van der Waals surface area contributed by atoms with Crippen LogP contribution in [0.25, 0.3) is 6.08 Å². The van der Waals surface area contributed by atoms with Gasteiger partial charge < -0.3 is 5.32 Å². The van der Waals surface area contributed by atoms with E-state index in [4.69, 9.17) is 0 Å². The zero-order valence-electron chi connectivity index (χ0n) is 10.4. The van der Waals surface area contributed by atoms with Gasteiger partial charge in [-0.3, -0.25) is 4.79 Å². The summed E-state index contributed by atoms with van der Waals surface area (Å²) in [5, 5.41) is 2.72. The fourth-order valence-electron chi connectivity index (χ4n) is 1.51. The summed E-state index contributed by atoms with van der Waals surface area (Å²) < 4.78 is 0.922. The monoisotopic (exact) mass is 316 g/mol. The Morgan fingerprint density at radius 3 is 2.74 bits per heavy atom. The quantitative estimate of drug-likeness (QED) is 0.875. The molecule has 96 valence electrons. The lowest BCUT2D eigenvalue weighted by Gasteiger charge is -2.03. The van der Waals surface area contributed by atoms with E-state index in [1.807, 2.05) is 43.3 Å². The van der Waals surface area contributed by atoms with Gasteiger partial charge in [0.25, 0.3) is 0 Å². The molecule has 0 fully saturated rings. The van der Waals surface area contributed by atoms with E-state index in [0.717, 1.165) is 15.6 Å². The molecular formula is C15H13BrN2O. The zero-order chi connectivity index (χ0) is 13.7. The molecular weight excluding hydrogens is 304 g/mol. The Bertz CT molecular complexity index is 609. The molecule has 0 unspecified atom stereocenters. The van der Waals surface area contributed by atoms with Crippen molar-refractivity contribution in [2.24, 2.45) is 0 Å². The van der Waals surface area contributed by atoms with E-state index in [9.17, 15) is 4.79 Å². The number of aryl methyl sites for hydroxylation is 1. The van der Waals surface area contributed by atoms with Crippen molar-refractivity contribution >= 4 is 33.7 Å². The summed E-state index contributed by atoms with van der Waals surface area (Å²) in [5.74, 6) is 0.349. The second-order valence-corrected chi connectivity index (χ2v) is 4.91. The van der Waals surface area contributed by atoms with Gasteiger partial charge in [-0.25, -0.2) is 4.98 Å². The summed E-state index contributed by atoms with van der Waals surface area (Å²) in [6.45, 7) is 1.95. The number of hydrogen-bond acceptors (Lipinski definition) is 2. The van der Waals surface area contributed by atoms with Gasteiger partial charge in [0, 0.05) is 16.7 Å². The maximum atomic E-state index is 11.7. The van der Waals surface area contributed by atoms with Crippen molar-refractivity contribution in [3.8, 4) is 0 Å². The van der Waals surface area contributed by atoms with E-state index in [2.05, 4.69) is 26.2 Å². The first-order valence-electron chi connectivity index (χ1n) is 5.81. The number of carbonyl (C=O) groups excluding carboxylic acids is 1. The minimum absolute atomic E-state index is 0.196. The molecule has 0 atom stereocenters. The second kappa shape index (κ2) is 6.29. The highest BCUT2D eigenvalue weighted by Crippen LogP contribution is 2.17. The molecule has 2 aromatic rings. The largest absolute Gasteiger partial charge is 0.307 e. The molecule has 19 heavy (non-hydrogen) atoms. The molecule has 1 N–H and O–H groups in total. The number of carbonyl (C=O) groups is 1. The van der Waals surface area contributed by atoms with Gasteiger partial charge in [-0.15, -0.1) is 0 Å². The van der Waals surface area contributed by atoms with Crippen molar-refractivity contribution in [3.05, 3.63) is 64.3 Å². The first kappa shape index (κ1) is 13.5. The van der Waals surface area contributed by atoms with Crippen LogP contribution in [0, 0.1) is 6.92 Å². The van der Waals surface area contributed by atoms with E-state index in [-0.39, 0.29) is 5.91 Å². The Balaban J connectivity index is 2.01. The minimum Gasteiger partial charge on any atom is -0.307 e. The molecule has 0 radical (unpaired) electrons. The fourth-order valence-corrected chi connectivity index (χ4v) is 1.73. The maximum absolute atomic E-state index is 11.7. The van der Waals surface area contributed by atoms with Crippen LogP contribution in [0.5, 0.6) is 0 Å². The molecule has 1 aromatic heterocycles. The molecule has 1 aromatic carbocycles. The van der Waals surface area contributed by atoms with Gasteiger partial charge in [-0.1, -0.05) is 30.3 Å². The van der Waals surface area contributed by atoms with Gasteiger partial charge in [0.1, 0.15) is 5.82 Å². The number of amides is 1. The summed E-state index contributed by atoms with van der Waals surface area (Å²) in [7, 11) is 0. The predicted octanol–water partition coefficient (Wildman–Crippen LogP) is 3.80. The van der Waals surface area contributed by atoms with Crippen LogP contribution >= 0.6 is 15.9 Å². The summed E-state index contributed by atoms with van der Waals surface area (Å²) in [5.41, 5.74) is 2.01. The van der Waals surface area contributed by atoms with E-state index in [1.165, 1.54) is 6.08 Å². The van der Waals surface area contributed by atoms with E-state index >= 15 is 0 Å². The molecule has 2 rings (SSSR count). The molecule has 0 saturated carbocycles. The third-order valence-electron chi connectivity index (χ3n) is 2.52. The molecule has 3 nitrogen and oxygen atoms in total. The molecule has 0 saturated heterocycles. The zero-order valence-corrected chi connectivity index (χ0v) is 12.0. The van der Waals surface area contributed by atoms with Crippen LogP contribution in [0.4, 0.5) is 5.82 Å². The van der Waals surface area contributed by atoms with Gasteiger partial charge in [-0.2, -0.15) is 0 Å². The minimum atomic E-state index is -0.196. The lowest BCUT2D eigenvalue weighted by Crippen LogP contribution is -2.09. The van der Waals surface area contributed by atoms with Gasteiger partial charge >= 0.3 is 0 Å². The Morgan fingerprint density at radius 1 is 1.32 bits per heavy atom. The smallest absolute Gasteiger partial charge is 0.249 e. The van der Waals surface area contributed by atoms with E-state index in [1.54, 1.807) is 12.3 Å². The molecule has 0 aliphatic heterocycles. The highest BCUT2D eigenvalue weighted by Gasteiger charge is 2.01. The Hall–Kier alpha value is -1.94. The number of rotatable bonds is 3. The van der Waals surface area contributed by atoms with Crippen LogP contribution in [0.15, 0.2) is 53.1 Å². The average Bonchev–Trinajstić information content (AvgIpc) is 2.42. The topological polar surface area (TPSA) is 42.0 Å². The van der Waals surface area contributed by atoms with E-state index < -0.39 is 0 Å². The summed E-state index contributed by atoms with van der Waals surface area (Å²) in [4.78, 5) is 15.9. The third-order valence-corrected chi connectivity index (χ3v) is 3.36. The van der Waals surface area contributed by atoms with Crippen molar-refractivity contribution in [2.75, 3.05) is 5.32 Å². The normalized spacial score (nSPS) is 10.6. The number of pyridine rings is 1. The molecule has 1 amide bonds. The average molecular weight is 317 g/mol. The summed E-state index contributed by atoms with van der Waals surface area (Å²) >= 11 is 3.37. The fraction of sp³-hybridized carbons (Fsp3) is 0.0667. The highest BCUT2D eigenvalue weighted by molar-refractivity contribution is 9.10. The van der Waals surface area contributed by atoms with Crippen LogP contribution in [0.2, 0.25) is 0 Å². The number of benzene rings is 1. The number of hydrogen-bond donors (Lipinski definition) is 1. The standard InChI is InChI=1S/C15H13BrN2O/c1-11-9-14(17-10-13(11)16)18-15(19)8-7-12-5-3-2-4-6-12/h2-10H,1H3,(H,17,18,19). The van der Waals surface area contributed by atoms with E-state index in [0.29, 0.717) is 5.82 Å². The van der Waals surface area contributed by atoms with Crippen LogP contribution in [0.3, 0.4) is 0 Å². The first-order chi connectivity index (χ1) is 9.15. The lowest BCUT2D eigenvalue weighted by molar-refractivity contribution is -0.111. The third kappa shape index (κ3) is 4.03. The molecule has 4 heteroatoms. The van der Waals surface area contributed by atoms with Crippen LogP contribution < -0.4 is 5.32 Å².